The Hall–Kier alpha value is -1.55. The number of benzene rings is 1. The fourth-order valence-electron chi connectivity index (χ4n) is 4.96. The second-order valence-corrected chi connectivity index (χ2v) is 8.31. The molecule has 1 aromatic rings. The van der Waals surface area contributed by atoms with Gasteiger partial charge in [0.15, 0.2) is 0 Å². The molecule has 4 nitrogen and oxygen atoms in total. The fraction of sp³-hybridized carbons (Fsp3) is 0.600. The Bertz CT molecular complexity index is 684. The molecule has 2 aliphatic carbocycles. The molecular formula is C20H25ClN2O2. The van der Waals surface area contributed by atoms with Crippen LogP contribution >= 0.6 is 11.6 Å². The largest absolute Gasteiger partial charge is 0.339 e. The van der Waals surface area contributed by atoms with Crippen LogP contribution in [0.5, 0.6) is 0 Å². The molecule has 2 bridgehead atoms. The molecule has 1 aliphatic heterocycles. The third kappa shape index (κ3) is 3.55. The molecule has 0 aromatic heterocycles. The van der Waals surface area contributed by atoms with Gasteiger partial charge in [0.2, 0.25) is 5.91 Å². The minimum absolute atomic E-state index is 0.0235. The summed E-state index contributed by atoms with van der Waals surface area (Å²) in [6, 6.07) is 5.16. The Morgan fingerprint density at radius 1 is 1.16 bits per heavy atom. The van der Waals surface area contributed by atoms with E-state index >= 15 is 0 Å². The van der Waals surface area contributed by atoms with Gasteiger partial charge in [-0.3, -0.25) is 9.59 Å². The van der Waals surface area contributed by atoms with Crippen molar-refractivity contribution in [2.45, 2.75) is 44.9 Å². The average molecular weight is 361 g/mol. The van der Waals surface area contributed by atoms with Crippen molar-refractivity contribution in [3.8, 4) is 0 Å². The molecule has 134 valence electrons. The van der Waals surface area contributed by atoms with Crippen LogP contribution in [0.15, 0.2) is 18.2 Å². The van der Waals surface area contributed by atoms with Gasteiger partial charge in [-0.2, -0.15) is 0 Å². The molecule has 3 unspecified atom stereocenters. The lowest BCUT2D eigenvalue weighted by molar-refractivity contribution is -0.117. The lowest BCUT2D eigenvalue weighted by atomic mass is 9.86. The number of halogens is 1. The number of fused-ring (bicyclic) bond motifs is 2. The summed E-state index contributed by atoms with van der Waals surface area (Å²) in [6.07, 6.45) is 7.77. The molecule has 0 radical (unpaired) electrons. The SMILES string of the molecule is O=C(CC1CC2CCC1C2)Nc1ccc(Cl)cc1C(=O)N1CCCC1. The number of likely N-dealkylation sites (tertiary alicyclic amines) is 1. The number of carbonyl (C=O) groups excluding carboxylic acids is 2. The summed E-state index contributed by atoms with van der Waals surface area (Å²) in [7, 11) is 0. The van der Waals surface area contributed by atoms with Gasteiger partial charge in [-0.15, -0.1) is 0 Å². The molecule has 3 atom stereocenters. The Kier molecular flexibility index (Phi) is 4.72. The fourth-order valence-corrected chi connectivity index (χ4v) is 5.13. The Balaban J connectivity index is 1.46. The van der Waals surface area contributed by atoms with Gasteiger partial charge in [0.25, 0.3) is 5.91 Å². The first-order valence-electron chi connectivity index (χ1n) is 9.49. The van der Waals surface area contributed by atoms with Gasteiger partial charge in [0.1, 0.15) is 0 Å². The maximum absolute atomic E-state index is 12.8. The third-order valence-corrected chi connectivity index (χ3v) is 6.45. The van der Waals surface area contributed by atoms with E-state index in [4.69, 9.17) is 11.6 Å². The zero-order chi connectivity index (χ0) is 17.4. The van der Waals surface area contributed by atoms with Crippen LogP contribution in [0.3, 0.4) is 0 Å². The molecule has 25 heavy (non-hydrogen) atoms. The van der Waals surface area contributed by atoms with Gasteiger partial charge in [0, 0.05) is 24.5 Å². The first-order chi connectivity index (χ1) is 12.1. The highest BCUT2D eigenvalue weighted by Crippen LogP contribution is 2.49. The number of nitrogens with one attached hydrogen (secondary N) is 1. The van der Waals surface area contributed by atoms with E-state index in [1.165, 1.54) is 25.7 Å². The number of anilines is 1. The molecule has 1 N–H and O–H groups in total. The molecule has 4 rings (SSSR count). The van der Waals surface area contributed by atoms with Crippen molar-refractivity contribution in [1.82, 2.24) is 4.90 Å². The average Bonchev–Trinajstić information content (AvgIpc) is 3.33. The second-order valence-electron chi connectivity index (χ2n) is 7.88. The number of hydrogen-bond donors (Lipinski definition) is 1. The third-order valence-electron chi connectivity index (χ3n) is 6.21. The highest BCUT2D eigenvalue weighted by Gasteiger charge is 2.40. The number of hydrogen-bond acceptors (Lipinski definition) is 2. The van der Waals surface area contributed by atoms with E-state index in [9.17, 15) is 9.59 Å². The molecule has 5 heteroatoms. The highest BCUT2D eigenvalue weighted by atomic mass is 35.5. The van der Waals surface area contributed by atoms with Crippen LogP contribution in [-0.2, 0) is 4.79 Å². The maximum Gasteiger partial charge on any atom is 0.256 e. The minimum atomic E-state index is -0.0322. The molecule has 2 amide bonds. The van der Waals surface area contributed by atoms with Crippen LogP contribution in [0.2, 0.25) is 5.02 Å². The Labute approximate surface area is 153 Å². The summed E-state index contributed by atoms with van der Waals surface area (Å²) < 4.78 is 0. The Morgan fingerprint density at radius 2 is 1.96 bits per heavy atom. The van der Waals surface area contributed by atoms with E-state index in [-0.39, 0.29) is 11.8 Å². The predicted octanol–water partition coefficient (Wildman–Crippen LogP) is 4.34. The molecule has 2 saturated carbocycles. The number of amides is 2. The summed E-state index contributed by atoms with van der Waals surface area (Å²) in [6.45, 7) is 1.56. The first-order valence-corrected chi connectivity index (χ1v) is 9.86. The zero-order valence-electron chi connectivity index (χ0n) is 14.5. The van der Waals surface area contributed by atoms with Crippen LogP contribution in [0.1, 0.15) is 55.3 Å². The number of nitrogens with zero attached hydrogens (tertiary/aromatic N) is 1. The molecule has 1 aromatic carbocycles. The van der Waals surface area contributed by atoms with Crippen molar-refractivity contribution in [3.05, 3.63) is 28.8 Å². The molecule has 1 heterocycles. The van der Waals surface area contributed by atoms with Gasteiger partial charge in [0.05, 0.1) is 11.3 Å². The van der Waals surface area contributed by atoms with E-state index in [0.717, 1.165) is 37.8 Å². The van der Waals surface area contributed by atoms with Crippen molar-refractivity contribution < 1.29 is 9.59 Å². The second kappa shape index (κ2) is 6.99. The summed E-state index contributed by atoms with van der Waals surface area (Å²) in [5.41, 5.74) is 1.10. The quantitative estimate of drug-likeness (QED) is 0.868. The number of carbonyl (C=O) groups is 2. The molecule has 1 saturated heterocycles. The molecule has 3 fully saturated rings. The summed E-state index contributed by atoms with van der Waals surface area (Å²) >= 11 is 6.10. The van der Waals surface area contributed by atoms with Crippen LogP contribution in [0.25, 0.3) is 0 Å². The van der Waals surface area contributed by atoms with E-state index in [1.807, 2.05) is 4.90 Å². The summed E-state index contributed by atoms with van der Waals surface area (Å²) in [4.78, 5) is 27.2. The van der Waals surface area contributed by atoms with Gasteiger partial charge in [-0.25, -0.2) is 0 Å². The topological polar surface area (TPSA) is 49.4 Å². The van der Waals surface area contributed by atoms with Gasteiger partial charge in [-0.05, 0) is 68.1 Å². The van der Waals surface area contributed by atoms with Crippen LogP contribution in [0, 0.1) is 17.8 Å². The van der Waals surface area contributed by atoms with Gasteiger partial charge in [-0.1, -0.05) is 18.0 Å². The van der Waals surface area contributed by atoms with Gasteiger partial charge < -0.3 is 10.2 Å². The van der Waals surface area contributed by atoms with Crippen molar-refractivity contribution in [2.75, 3.05) is 18.4 Å². The maximum atomic E-state index is 12.8. The van der Waals surface area contributed by atoms with Crippen molar-refractivity contribution in [3.63, 3.8) is 0 Å². The Morgan fingerprint density at radius 3 is 2.64 bits per heavy atom. The van der Waals surface area contributed by atoms with E-state index in [2.05, 4.69) is 5.32 Å². The van der Waals surface area contributed by atoms with E-state index in [0.29, 0.717) is 28.6 Å². The molecule has 3 aliphatic rings. The summed E-state index contributed by atoms with van der Waals surface area (Å²) in [5.74, 6) is 2.08. The van der Waals surface area contributed by atoms with E-state index in [1.54, 1.807) is 18.2 Å². The molecular weight excluding hydrogens is 336 g/mol. The van der Waals surface area contributed by atoms with Crippen LogP contribution < -0.4 is 5.32 Å². The minimum Gasteiger partial charge on any atom is -0.339 e. The predicted molar refractivity (Wildman–Crippen MR) is 98.8 cm³/mol. The standard InChI is InChI=1S/C20H25ClN2O2/c21-16-5-6-18(17(12-16)20(25)23-7-1-2-8-23)22-19(24)11-15-10-13-3-4-14(15)9-13/h5-6,12-15H,1-4,7-11H2,(H,22,24). The van der Waals surface area contributed by atoms with Crippen molar-refractivity contribution in [2.24, 2.45) is 17.8 Å². The van der Waals surface area contributed by atoms with Crippen LogP contribution in [0.4, 0.5) is 5.69 Å². The van der Waals surface area contributed by atoms with Crippen molar-refractivity contribution >= 4 is 29.1 Å². The summed E-state index contributed by atoms with van der Waals surface area (Å²) in [5, 5.41) is 3.51. The first kappa shape index (κ1) is 16.9. The van der Waals surface area contributed by atoms with Crippen LogP contribution in [-0.4, -0.2) is 29.8 Å². The lowest BCUT2D eigenvalue weighted by Crippen LogP contribution is -2.29. The monoisotopic (exact) mass is 360 g/mol. The lowest BCUT2D eigenvalue weighted by Gasteiger charge is -2.22. The zero-order valence-corrected chi connectivity index (χ0v) is 15.2. The smallest absolute Gasteiger partial charge is 0.256 e. The van der Waals surface area contributed by atoms with Crippen molar-refractivity contribution in [1.29, 1.82) is 0 Å². The highest BCUT2D eigenvalue weighted by molar-refractivity contribution is 6.31. The number of rotatable bonds is 4. The van der Waals surface area contributed by atoms with E-state index < -0.39 is 0 Å². The molecule has 0 spiro atoms. The van der Waals surface area contributed by atoms with Gasteiger partial charge >= 0.3 is 0 Å². The normalized spacial score (nSPS) is 27.7.